The summed E-state index contributed by atoms with van der Waals surface area (Å²) in [6.45, 7) is 6.77. The van der Waals surface area contributed by atoms with Crippen molar-refractivity contribution in [3.63, 3.8) is 0 Å². The zero-order valence-electron chi connectivity index (χ0n) is 29.9. The fourth-order valence-electron chi connectivity index (χ4n) is 5.19. The molecule has 3 aromatic rings. The minimum Gasteiger partial charge on any atom is -0.444 e. The molecule has 53 heavy (non-hydrogen) atoms. The second-order valence-electron chi connectivity index (χ2n) is 13.1. The molecule has 0 unspecified atom stereocenters. The first kappa shape index (κ1) is 41.5. The van der Waals surface area contributed by atoms with E-state index in [-0.39, 0.29) is 54.6 Å². The lowest BCUT2D eigenvalue weighted by atomic mass is 10.1. The molecular formula is C34H43Cl2N7O8S2. The SMILES string of the molecule is CN(c1ccc(CNC(=O)NCCNC(=O)OC(C)(C)C)cc1C(=O)Nc1ccc(S(=O)(=O)N2CCN(c3cc(Cl)cc(Cl)c3)CC2)cc1)S(C)(=O)=O. The van der Waals surface area contributed by atoms with Gasteiger partial charge < -0.3 is 30.9 Å². The summed E-state index contributed by atoms with van der Waals surface area (Å²) in [6, 6.07) is 14.8. The number of carbonyl (C=O) groups excluding carboxylic acids is 3. The van der Waals surface area contributed by atoms with Gasteiger partial charge in [-0.25, -0.2) is 26.4 Å². The van der Waals surface area contributed by atoms with Gasteiger partial charge in [-0.2, -0.15) is 4.31 Å². The number of piperazine rings is 1. The molecule has 288 valence electrons. The molecule has 0 spiro atoms. The Kier molecular flexibility index (Phi) is 13.5. The highest BCUT2D eigenvalue weighted by Crippen LogP contribution is 2.28. The number of benzene rings is 3. The Balaban J connectivity index is 1.39. The maximum Gasteiger partial charge on any atom is 0.407 e. The summed E-state index contributed by atoms with van der Waals surface area (Å²) in [5, 5.41) is 11.5. The molecule has 4 rings (SSSR count). The molecule has 0 aliphatic carbocycles. The molecule has 0 bridgehead atoms. The summed E-state index contributed by atoms with van der Waals surface area (Å²) in [5.41, 5.74) is 0.992. The van der Waals surface area contributed by atoms with E-state index in [4.69, 9.17) is 27.9 Å². The monoisotopic (exact) mass is 811 g/mol. The molecule has 3 aromatic carbocycles. The lowest BCUT2D eigenvalue weighted by Crippen LogP contribution is -2.48. The number of hydrogen-bond acceptors (Lipinski definition) is 9. The van der Waals surface area contributed by atoms with Crippen LogP contribution in [0.15, 0.2) is 65.6 Å². The molecule has 19 heteroatoms. The molecule has 1 saturated heterocycles. The third-order valence-corrected chi connectivity index (χ3v) is 11.4. The normalized spacial score (nSPS) is 13.9. The Hall–Kier alpha value is -4.29. The summed E-state index contributed by atoms with van der Waals surface area (Å²) in [4.78, 5) is 39.7. The second kappa shape index (κ2) is 17.2. The minimum absolute atomic E-state index is 0.00486. The summed E-state index contributed by atoms with van der Waals surface area (Å²) in [6.07, 6.45) is 0.385. The Morgan fingerprint density at radius 2 is 1.43 bits per heavy atom. The fourth-order valence-corrected chi connectivity index (χ4v) is 7.65. The van der Waals surface area contributed by atoms with E-state index in [0.717, 1.165) is 16.2 Å². The first-order valence-corrected chi connectivity index (χ1v) is 20.5. The van der Waals surface area contributed by atoms with Gasteiger partial charge in [0.2, 0.25) is 20.0 Å². The lowest BCUT2D eigenvalue weighted by Gasteiger charge is -2.35. The predicted octanol–water partition coefficient (Wildman–Crippen LogP) is 4.48. The maximum absolute atomic E-state index is 13.6. The number of halogens is 2. The Morgan fingerprint density at radius 3 is 2.02 bits per heavy atom. The van der Waals surface area contributed by atoms with E-state index < -0.39 is 43.7 Å². The number of alkyl carbamates (subject to hydrolysis) is 1. The van der Waals surface area contributed by atoms with E-state index in [9.17, 15) is 31.2 Å². The number of nitrogens with zero attached hydrogens (tertiary/aromatic N) is 3. The van der Waals surface area contributed by atoms with Crippen molar-refractivity contribution in [2.45, 2.75) is 37.8 Å². The van der Waals surface area contributed by atoms with Crippen LogP contribution in [0.25, 0.3) is 0 Å². The average molecular weight is 813 g/mol. The highest BCUT2D eigenvalue weighted by molar-refractivity contribution is 7.92. The second-order valence-corrected chi connectivity index (χ2v) is 17.9. The molecule has 0 saturated carbocycles. The highest BCUT2D eigenvalue weighted by atomic mass is 35.5. The number of anilines is 3. The molecule has 4 N–H and O–H groups in total. The van der Waals surface area contributed by atoms with E-state index in [1.54, 1.807) is 45.0 Å². The number of urea groups is 1. The molecule has 15 nitrogen and oxygen atoms in total. The van der Waals surface area contributed by atoms with Crippen molar-refractivity contribution >= 4 is 78.3 Å². The number of sulfonamides is 2. The van der Waals surface area contributed by atoms with E-state index in [1.807, 2.05) is 4.90 Å². The van der Waals surface area contributed by atoms with Gasteiger partial charge in [-0.1, -0.05) is 29.3 Å². The van der Waals surface area contributed by atoms with E-state index in [0.29, 0.717) is 28.7 Å². The molecule has 0 atom stereocenters. The van der Waals surface area contributed by atoms with Crippen LogP contribution in [-0.2, 0) is 31.3 Å². The van der Waals surface area contributed by atoms with Crippen LogP contribution in [0.4, 0.5) is 26.7 Å². The molecule has 1 heterocycles. The van der Waals surface area contributed by atoms with Crippen molar-refractivity contribution in [2.75, 3.05) is 67.1 Å². The van der Waals surface area contributed by atoms with Crippen LogP contribution >= 0.6 is 23.2 Å². The molecule has 1 fully saturated rings. The average Bonchev–Trinajstić information content (AvgIpc) is 3.07. The van der Waals surface area contributed by atoms with E-state index >= 15 is 0 Å². The van der Waals surface area contributed by atoms with Crippen LogP contribution in [-0.4, -0.2) is 97.3 Å². The van der Waals surface area contributed by atoms with Crippen LogP contribution in [0.5, 0.6) is 0 Å². The van der Waals surface area contributed by atoms with Gasteiger partial charge in [-0.15, -0.1) is 0 Å². The van der Waals surface area contributed by atoms with Gasteiger partial charge in [0.25, 0.3) is 5.91 Å². The van der Waals surface area contributed by atoms with Crippen molar-refractivity contribution in [3.05, 3.63) is 81.8 Å². The quantitative estimate of drug-likeness (QED) is 0.192. The third kappa shape index (κ3) is 11.9. The number of nitrogens with one attached hydrogen (secondary N) is 4. The van der Waals surface area contributed by atoms with Crippen molar-refractivity contribution < 1.29 is 36.0 Å². The molecular weight excluding hydrogens is 769 g/mol. The zero-order valence-corrected chi connectivity index (χ0v) is 33.0. The molecule has 1 aliphatic heterocycles. The minimum atomic E-state index is -3.85. The lowest BCUT2D eigenvalue weighted by molar-refractivity contribution is 0.0528. The van der Waals surface area contributed by atoms with Crippen LogP contribution in [0.1, 0.15) is 36.7 Å². The Bertz CT molecular complexity index is 2020. The van der Waals surface area contributed by atoms with Crippen molar-refractivity contribution in [2.24, 2.45) is 0 Å². The van der Waals surface area contributed by atoms with Crippen LogP contribution in [0, 0.1) is 0 Å². The van der Waals surface area contributed by atoms with Gasteiger partial charge in [0.1, 0.15) is 5.60 Å². The highest BCUT2D eigenvalue weighted by Gasteiger charge is 2.29. The number of amides is 4. The number of carbonyl (C=O) groups is 3. The number of hydrogen-bond donors (Lipinski definition) is 4. The topological polar surface area (TPSA) is 187 Å². The smallest absolute Gasteiger partial charge is 0.407 e. The van der Waals surface area contributed by atoms with Gasteiger partial charge in [0.05, 0.1) is 22.4 Å². The summed E-state index contributed by atoms with van der Waals surface area (Å²) in [5.74, 6) is -0.664. The predicted molar refractivity (Wildman–Crippen MR) is 206 cm³/mol. The van der Waals surface area contributed by atoms with Gasteiger partial charge >= 0.3 is 12.1 Å². The van der Waals surface area contributed by atoms with E-state index in [1.165, 1.54) is 47.8 Å². The van der Waals surface area contributed by atoms with E-state index in [2.05, 4.69) is 21.3 Å². The maximum atomic E-state index is 13.6. The number of rotatable bonds is 12. The Morgan fingerprint density at radius 1 is 0.830 bits per heavy atom. The largest absolute Gasteiger partial charge is 0.444 e. The van der Waals surface area contributed by atoms with Gasteiger partial charge in [-0.3, -0.25) is 9.10 Å². The van der Waals surface area contributed by atoms with Crippen LogP contribution in [0.3, 0.4) is 0 Å². The first-order valence-electron chi connectivity index (χ1n) is 16.4. The summed E-state index contributed by atoms with van der Waals surface area (Å²) >= 11 is 12.3. The van der Waals surface area contributed by atoms with Gasteiger partial charge in [0, 0.05) is 74.3 Å². The zero-order chi connectivity index (χ0) is 39.1. The number of ether oxygens (including phenoxy) is 1. The van der Waals surface area contributed by atoms with Crippen molar-refractivity contribution in [1.82, 2.24) is 20.3 Å². The molecule has 4 amide bonds. The Labute approximate surface area is 320 Å². The van der Waals surface area contributed by atoms with Crippen LogP contribution in [0.2, 0.25) is 10.0 Å². The van der Waals surface area contributed by atoms with Gasteiger partial charge in [-0.05, 0) is 80.9 Å². The van der Waals surface area contributed by atoms with Crippen LogP contribution < -0.4 is 30.5 Å². The standard InChI is InChI=1S/C34H43Cl2N7O8S2/c1-34(2,3)51-33(46)38-13-12-37-32(45)39-22-23-6-11-30(41(4)52(5,47)48)29(18-23)31(44)40-26-7-9-28(10-8-26)53(49,50)43-16-14-42(15-17-43)27-20-24(35)19-25(36)21-27/h6-11,18-21H,12-17,22H2,1-5H3,(H,38,46)(H,40,44)(H2,37,39,45). The van der Waals surface area contributed by atoms with Crippen molar-refractivity contribution in [1.29, 1.82) is 0 Å². The first-order chi connectivity index (χ1) is 24.7. The molecule has 1 aliphatic rings. The van der Waals surface area contributed by atoms with Crippen molar-refractivity contribution in [3.8, 4) is 0 Å². The third-order valence-electron chi connectivity index (χ3n) is 7.88. The molecule has 0 radical (unpaired) electrons. The van der Waals surface area contributed by atoms with Gasteiger partial charge in [0.15, 0.2) is 0 Å². The molecule has 0 aromatic heterocycles. The fraction of sp³-hybridized carbons (Fsp3) is 0.382. The summed E-state index contributed by atoms with van der Waals surface area (Å²) < 4.78 is 59.2. The summed E-state index contributed by atoms with van der Waals surface area (Å²) in [7, 11) is -6.30.